The summed E-state index contributed by atoms with van der Waals surface area (Å²) in [7, 11) is 0. The maximum atomic E-state index is 12.4. The van der Waals surface area contributed by atoms with Gasteiger partial charge in [-0.05, 0) is 24.6 Å². The first kappa shape index (κ1) is 12.8. The van der Waals surface area contributed by atoms with Crippen molar-refractivity contribution in [3.05, 3.63) is 76.3 Å². The lowest BCUT2D eigenvalue weighted by molar-refractivity contribution is 0.105. The number of hydrogen-bond donors (Lipinski definition) is 0. The Morgan fingerprint density at radius 1 is 0.944 bits per heavy atom. The number of allylic oxidation sites excluding steroid dienone is 2. The number of carbonyl (C=O) groups excluding carboxylic acids is 1. The van der Waals surface area contributed by atoms with Crippen molar-refractivity contribution in [2.75, 3.05) is 0 Å². The van der Waals surface area contributed by atoms with E-state index in [0.29, 0.717) is 5.56 Å². The van der Waals surface area contributed by atoms with Gasteiger partial charge in [-0.1, -0.05) is 64.5 Å². The van der Waals surface area contributed by atoms with Gasteiger partial charge in [-0.3, -0.25) is 4.79 Å². The number of halogens is 1. The van der Waals surface area contributed by atoms with Crippen LogP contribution in [0.4, 0.5) is 0 Å². The Kier molecular flexibility index (Phi) is 4.11. The lowest BCUT2D eigenvalue weighted by atomic mass is 9.97. The van der Waals surface area contributed by atoms with Crippen molar-refractivity contribution in [1.82, 2.24) is 0 Å². The molecule has 2 heteroatoms. The predicted molar refractivity (Wildman–Crippen MR) is 78.6 cm³/mol. The third kappa shape index (κ3) is 2.77. The zero-order valence-electron chi connectivity index (χ0n) is 10.1. The highest BCUT2D eigenvalue weighted by Gasteiger charge is 2.12. The molecule has 0 radical (unpaired) electrons. The molecule has 0 saturated heterocycles. The van der Waals surface area contributed by atoms with Gasteiger partial charge in [0.2, 0.25) is 0 Å². The van der Waals surface area contributed by atoms with E-state index < -0.39 is 0 Å². The van der Waals surface area contributed by atoms with Crippen LogP contribution in [0.5, 0.6) is 0 Å². The molecule has 18 heavy (non-hydrogen) atoms. The van der Waals surface area contributed by atoms with Crippen molar-refractivity contribution in [3.63, 3.8) is 0 Å². The summed E-state index contributed by atoms with van der Waals surface area (Å²) in [6, 6.07) is 17.1. The summed E-state index contributed by atoms with van der Waals surface area (Å²) in [6.07, 6.45) is 1.86. The van der Waals surface area contributed by atoms with E-state index in [0.717, 1.165) is 15.6 Å². The molecule has 90 valence electrons. The third-order valence-corrected chi connectivity index (χ3v) is 3.25. The molecule has 0 bridgehead atoms. The minimum atomic E-state index is 0.0559. The van der Waals surface area contributed by atoms with Gasteiger partial charge in [-0.25, -0.2) is 0 Å². The van der Waals surface area contributed by atoms with Crippen molar-refractivity contribution >= 4 is 27.3 Å². The summed E-state index contributed by atoms with van der Waals surface area (Å²) >= 11 is 3.39. The van der Waals surface area contributed by atoms with Gasteiger partial charge in [0.1, 0.15) is 0 Å². The molecular weight excluding hydrogens is 288 g/mol. The van der Waals surface area contributed by atoms with Crippen LogP contribution in [0, 0.1) is 0 Å². The van der Waals surface area contributed by atoms with E-state index in [1.165, 1.54) is 0 Å². The predicted octanol–water partition coefficient (Wildman–Crippen LogP) is 4.74. The van der Waals surface area contributed by atoms with E-state index >= 15 is 0 Å². The molecule has 1 nitrogen and oxygen atoms in total. The quantitative estimate of drug-likeness (QED) is 0.591. The van der Waals surface area contributed by atoms with Crippen molar-refractivity contribution < 1.29 is 4.79 Å². The summed E-state index contributed by atoms with van der Waals surface area (Å²) in [4.78, 5) is 12.4. The summed E-state index contributed by atoms with van der Waals surface area (Å²) in [5.41, 5.74) is 2.39. The molecule has 0 aromatic heterocycles. The minimum Gasteiger partial charge on any atom is -0.289 e. The number of ketones is 1. The topological polar surface area (TPSA) is 17.1 Å². The van der Waals surface area contributed by atoms with E-state index in [1.54, 1.807) is 0 Å². The molecule has 0 aliphatic heterocycles. The summed E-state index contributed by atoms with van der Waals surface area (Å²) in [5, 5.41) is 0. The van der Waals surface area contributed by atoms with E-state index in [4.69, 9.17) is 0 Å². The van der Waals surface area contributed by atoms with Crippen molar-refractivity contribution in [3.8, 4) is 0 Å². The molecule has 0 saturated carbocycles. The Hall–Kier alpha value is -1.67. The third-order valence-electron chi connectivity index (χ3n) is 2.72. The van der Waals surface area contributed by atoms with Crippen LogP contribution in [0.3, 0.4) is 0 Å². The highest BCUT2D eigenvalue weighted by molar-refractivity contribution is 9.10. The van der Waals surface area contributed by atoms with Crippen LogP contribution in [0.2, 0.25) is 0 Å². The summed E-state index contributed by atoms with van der Waals surface area (Å²) in [5.74, 6) is 0.0559. The molecule has 0 aliphatic carbocycles. The standard InChI is InChI=1S/C16H13BrO/c1-2-15(12-8-10-14(17)11-9-12)16(18)13-6-4-3-5-7-13/h2-11H,1H3/b15-2+. The van der Waals surface area contributed by atoms with Crippen LogP contribution in [0.1, 0.15) is 22.8 Å². The zero-order chi connectivity index (χ0) is 13.0. The number of hydrogen-bond acceptors (Lipinski definition) is 1. The number of rotatable bonds is 3. The number of carbonyl (C=O) groups is 1. The van der Waals surface area contributed by atoms with Crippen molar-refractivity contribution in [1.29, 1.82) is 0 Å². The van der Waals surface area contributed by atoms with Crippen LogP contribution in [-0.2, 0) is 0 Å². The maximum Gasteiger partial charge on any atom is 0.193 e. The highest BCUT2D eigenvalue weighted by Crippen LogP contribution is 2.21. The Morgan fingerprint density at radius 3 is 2.11 bits per heavy atom. The van der Waals surface area contributed by atoms with E-state index in [9.17, 15) is 4.79 Å². The molecule has 0 heterocycles. The fourth-order valence-corrected chi connectivity index (χ4v) is 2.07. The van der Waals surface area contributed by atoms with Crippen LogP contribution < -0.4 is 0 Å². The Labute approximate surface area is 115 Å². The molecular formula is C16H13BrO. The molecule has 0 N–H and O–H groups in total. The summed E-state index contributed by atoms with van der Waals surface area (Å²) < 4.78 is 1.01. The first-order valence-electron chi connectivity index (χ1n) is 5.74. The van der Waals surface area contributed by atoms with E-state index in [2.05, 4.69) is 15.9 Å². The molecule has 0 fully saturated rings. The van der Waals surface area contributed by atoms with Gasteiger partial charge in [-0.15, -0.1) is 0 Å². The van der Waals surface area contributed by atoms with Gasteiger partial charge < -0.3 is 0 Å². The first-order valence-corrected chi connectivity index (χ1v) is 6.53. The summed E-state index contributed by atoms with van der Waals surface area (Å²) in [6.45, 7) is 1.89. The second-order valence-electron chi connectivity index (χ2n) is 3.90. The normalized spacial score (nSPS) is 11.3. The van der Waals surface area contributed by atoms with Gasteiger partial charge in [0.05, 0.1) is 0 Å². The molecule has 0 atom stereocenters. The molecule has 2 rings (SSSR count). The monoisotopic (exact) mass is 300 g/mol. The SMILES string of the molecule is C/C=C(/C(=O)c1ccccc1)c1ccc(Br)cc1. The fraction of sp³-hybridized carbons (Fsp3) is 0.0625. The molecule has 0 unspecified atom stereocenters. The van der Waals surface area contributed by atoms with Crippen molar-refractivity contribution in [2.24, 2.45) is 0 Å². The van der Waals surface area contributed by atoms with E-state index in [-0.39, 0.29) is 5.78 Å². The van der Waals surface area contributed by atoms with Crippen LogP contribution in [0.25, 0.3) is 5.57 Å². The second kappa shape index (κ2) is 5.78. The molecule has 2 aromatic carbocycles. The maximum absolute atomic E-state index is 12.4. The molecule has 0 amide bonds. The van der Waals surface area contributed by atoms with Gasteiger partial charge in [-0.2, -0.15) is 0 Å². The smallest absolute Gasteiger partial charge is 0.193 e. The van der Waals surface area contributed by atoms with Crippen LogP contribution in [0.15, 0.2) is 65.1 Å². The van der Waals surface area contributed by atoms with Crippen LogP contribution in [-0.4, -0.2) is 5.78 Å². The molecule has 0 spiro atoms. The van der Waals surface area contributed by atoms with Gasteiger partial charge in [0.25, 0.3) is 0 Å². The largest absolute Gasteiger partial charge is 0.289 e. The van der Waals surface area contributed by atoms with Gasteiger partial charge in [0, 0.05) is 15.6 Å². The second-order valence-corrected chi connectivity index (χ2v) is 4.82. The molecule has 0 aliphatic rings. The Balaban J connectivity index is 2.36. The number of benzene rings is 2. The lowest BCUT2D eigenvalue weighted by Gasteiger charge is -2.06. The number of Topliss-reactive ketones (excluding diaryl/α,β-unsaturated/α-hetero) is 1. The van der Waals surface area contributed by atoms with E-state index in [1.807, 2.05) is 67.6 Å². The minimum absolute atomic E-state index is 0.0559. The Morgan fingerprint density at radius 2 is 1.56 bits per heavy atom. The fourth-order valence-electron chi connectivity index (χ4n) is 1.80. The lowest BCUT2D eigenvalue weighted by Crippen LogP contribution is -2.02. The Bertz CT molecular complexity index is 568. The average Bonchev–Trinajstić information content (AvgIpc) is 2.42. The van der Waals surface area contributed by atoms with Crippen LogP contribution >= 0.6 is 15.9 Å². The van der Waals surface area contributed by atoms with Gasteiger partial charge >= 0.3 is 0 Å². The molecule has 2 aromatic rings. The average molecular weight is 301 g/mol. The zero-order valence-corrected chi connectivity index (χ0v) is 11.6. The van der Waals surface area contributed by atoms with Crippen molar-refractivity contribution in [2.45, 2.75) is 6.92 Å². The highest BCUT2D eigenvalue weighted by atomic mass is 79.9. The first-order chi connectivity index (χ1) is 8.72. The van der Waals surface area contributed by atoms with Gasteiger partial charge in [0.15, 0.2) is 5.78 Å².